The second kappa shape index (κ2) is 9.13. The lowest BCUT2D eigenvalue weighted by Crippen LogP contribution is -2.40. The molecule has 0 amide bonds. The second-order valence-corrected chi connectivity index (χ2v) is 7.87. The minimum Gasteiger partial charge on any atom is -0.497 e. The summed E-state index contributed by atoms with van der Waals surface area (Å²) in [6, 6.07) is 11.9. The molecule has 0 aliphatic carbocycles. The molecular formula is C20H27NO3S. The molecule has 0 saturated heterocycles. The van der Waals surface area contributed by atoms with Gasteiger partial charge in [0.2, 0.25) is 0 Å². The van der Waals surface area contributed by atoms with E-state index in [-0.39, 0.29) is 12.4 Å². The van der Waals surface area contributed by atoms with Crippen LogP contribution >= 0.6 is 11.3 Å². The number of nitrogens with two attached hydrogens (primary N) is 1. The summed E-state index contributed by atoms with van der Waals surface area (Å²) in [6.07, 6.45) is 3.77. The van der Waals surface area contributed by atoms with E-state index in [1.54, 1.807) is 18.4 Å². The molecule has 1 atom stereocenters. The number of hydrogen-bond acceptors (Lipinski definition) is 5. The first-order valence-electron chi connectivity index (χ1n) is 8.58. The summed E-state index contributed by atoms with van der Waals surface area (Å²) in [5.74, 6) is 1.04. The lowest BCUT2D eigenvalue weighted by molar-refractivity contribution is 0.0984. The maximum atomic E-state index is 12.3. The Morgan fingerprint density at radius 3 is 2.56 bits per heavy atom. The van der Waals surface area contributed by atoms with Crippen LogP contribution in [-0.2, 0) is 12.8 Å². The highest BCUT2D eigenvalue weighted by Crippen LogP contribution is 2.22. The molecule has 2 rings (SSSR count). The summed E-state index contributed by atoms with van der Waals surface area (Å²) in [6.45, 7) is 1.81. The van der Waals surface area contributed by atoms with Crippen LogP contribution in [0.15, 0.2) is 36.4 Å². The number of aliphatic hydroxyl groups excluding tert-OH is 1. The van der Waals surface area contributed by atoms with Gasteiger partial charge in [0.1, 0.15) is 5.75 Å². The van der Waals surface area contributed by atoms with Gasteiger partial charge in [0.25, 0.3) is 0 Å². The lowest BCUT2D eigenvalue weighted by atomic mass is 9.98. The zero-order valence-corrected chi connectivity index (χ0v) is 15.8. The van der Waals surface area contributed by atoms with E-state index in [4.69, 9.17) is 10.5 Å². The molecule has 5 heteroatoms. The maximum absolute atomic E-state index is 12.3. The van der Waals surface area contributed by atoms with Gasteiger partial charge in [-0.2, -0.15) is 0 Å². The molecular weight excluding hydrogens is 334 g/mol. The molecule has 1 aromatic heterocycles. The fourth-order valence-corrected chi connectivity index (χ4v) is 3.49. The van der Waals surface area contributed by atoms with E-state index in [9.17, 15) is 9.90 Å². The zero-order valence-electron chi connectivity index (χ0n) is 15.0. The Kier molecular flexibility index (Phi) is 7.17. The van der Waals surface area contributed by atoms with Crippen molar-refractivity contribution in [2.24, 2.45) is 5.73 Å². The Morgan fingerprint density at radius 2 is 1.92 bits per heavy atom. The number of thiophene rings is 1. The van der Waals surface area contributed by atoms with Gasteiger partial charge in [-0.1, -0.05) is 12.1 Å². The average molecular weight is 362 g/mol. The number of benzene rings is 1. The molecule has 25 heavy (non-hydrogen) atoms. The summed E-state index contributed by atoms with van der Waals surface area (Å²) >= 11 is 1.54. The Hall–Kier alpha value is -1.69. The van der Waals surface area contributed by atoms with Crippen molar-refractivity contribution in [3.8, 4) is 5.75 Å². The molecule has 1 unspecified atom stereocenters. The molecule has 0 aliphatic heterocycles. The van der Waals surface area contributed by atoms with Gasteiger partial charge >= 0.3 is 0 Å². The molecule has 0 bridgehead atoms. The highest BCUT2D eigenvalue weighted by Gasteiger charge is 2.17. The highest BCUT2D eigenvalue weighted by atomic mass is 32.1. The van der Waals surface area contributed by atoms with Gasteiger partial charge in [-0.25, -0.2) is 0 Å². The van der Waals surface area contributed by atoms with Crippen LogP contribution in [0.4, 0.5) is 0 Å². The first kappa shape index (κ1) is 19.6. The summed E-state index contributed by atoms with van der Waals surface area (Å²) in [4.78, 5) is 14.3. The molecule has 0 fully saturated rings. The van der Waals surface area contributed by atoms with Crippen LogP contribution in [0, 0.1) is 0 Å². The normalized spacial score (nSPS) is 13.4. The van der Waals surface area contributed by atoms with Gasteiger partial charge in [-0.05, 0) is 62.4 Å². The molecule has 0 saturated carbocycles. The molecule has 0 spiro atoms. The first-order chi connectivity index (χ1) is 11.9. The third kappa shape index (κ3) is 6.27. The summed E-state index contributed by atoms with van der Waals surface area (Å²) < 4.78 is 5.15. The van der Waals surface area contributed by atoms with Crippen LogP contribution < -0.4 is 10.5 Å². The molecule has 4 nitrogen and oxygen atoms in total. The molecule has 3 N–H and O–H groups in total. The molecule has 2 aromatic rings. The van der Waals surface area contributed by atoms with Crippen molar-refractivity contribution in [3.05, 3.63) is 51.7 Å². The minimum absolute atomic E-state index is 0.0322. The smallest absolute Gasteiger partial charge is 0.172 e. The molecule has 1 aromatic carbocycles. The third-order valence-corrected chi connectivity index (χ3v) is 5.45. The van der Waals surface area contributed by atoms with Crippen LogP contribution in [-0.4, -0.2) is 30.1 Å². The van der Waals surface area contributed by atoms with Crippen molar-refractivity contribution in [1.82, 2.24) is 0 Å². The van der Waals surface area contributed by atoms with E-state index in [1.807, 2.05) is 43.3 Å². The van der Waals surface area contributed by atoms with Crippen molar-refractivity contribution in [1.29, 1.82) is 0 Å². The van der Waals surface area contributed by atoms with Crippen molar-refractivity contribution < 1.29 is 14.6 Å². The molecule has 0 aliphatic rings. The number of carbonyl (C=O) groups is 1. The number of Topliss-reactive ketones (excluding diaryl/α,β-unsaturated/α-hetero) is 1. The van der Waals surface area contributed by atoms with Crippen LogP contribution in [0.2, 0.25) is 0 Å². The Labute approximate surface area is 153 Å². The lowest BCUT2D eigenvalue weighted by Gasteiger charge is -2.20. The predicted octanol–water partition coefficient (Wildman–Crippen LogP) is 3.60. The largest absolute Gasteiger partial charge is 0.497 e. The van der Waals surface area contributed by atoms with Gasteiger partial charge in [0.05, 0.1) is 18.6 Å². The van der Waals surface area contributed by atoms with Crippen LogP contribution in [0.5, 0.6) is 5.75 Å². The minimum atomic E-state index is -0.563. The van der Waals surface area contributed by atoms with E-state index >= 15 is 0 Å². The van der Waals surface area contributed by atoms with Crippen LogP contribution in [0.25, 0.3) is 0 Å². The van der Waals surface area contributed by atoms with E-state index in [2.05, 4.69) is 0 Å². The Bertz CT molecular complexity index is 677. The van der Waals surface area contributed by atoms with Crippen molar-refractivity contribution >= 4 is 17.1 Å². The number of aliphatic hydroxyl groups is 1. The molecule has 136 valence electrons. The topological polar surface area (TPSA) is 72.5 Å². The summed E-state index contributed by atoms with van der Waals surface area (Å²) in [7, 11) is 1.65. The van der Waals surface area contributed by atoms with E-state index < -0.39 is 5.54 Å². The second-order valence-electron chi connectivity index (χ2n) is 6.70. The van der Waals surface area contributed by atoms with Gasteiger partial charge in [-0.3, -0.25) is 4.79 Å². The van der Waals surface area contributed by atoms with Crippen LogP contribution in [0.1, 0.15) is 46.3 Å². The van der Waals surface area contributed by atoms with Gasteiger partial charge < -0.3 is 15.6 Å². The van der Waals surface area contributed by atoms with Crippen molar-refractivity contribution in [2.75, 3.05) is 13.7 Å². The SMILES string of the molecule is COc1ccc(CCCC(=O)c2ccc(CCC(C)(N)CO)s2)cc1. The maximum Gasteiger partial charge on any atom is 0.172 e. The van der Waals surface area contributed by atoms with Crippen LogP contribution in [0.3, 0.4) is 0 Å². The number of ketones is 1. The first-order valence-corrected chi connectivity index (χ1v) is 9.40. The Balaban J connectivity index is 1.78. The summed E-state index contributed by atoms with van der Waals surface area (Å²) in [5, 5.41) is 9.20. The number of rotatable bonds is 10. The van der Waals surface area contributed by atoms with Crippen molar-refractivity contribution in [2.45, 2.75) is 44.6 Å². The predicted molar refractivity (Wildman–Crippen MR) is 103 cm³/mol. The van der Waals surface area contributed by atoms with E-state index in [0.29, 0.717) is 12.8 Å². The number of carbonyl (C=O) groups excluding carboxylic acids is 1. The zero-order chi connectivity index (χ0) is 18.3. The van der Waals surface area contributed by atoms with Crippen molar-refractivity contribution in [3.63, 3.8) is 0 Å². The van der Waals surface area contributed by atoms with Gasteiger partial charge in [0.15, 0.2) is 5.78 Å². The number of hydrogen-bond donors (Lipinski definition) is 2. The number of methoxy groups -OCH3 is 1. The van der Waals surface area contributed by atoms with E-state index in [0.717, 1.165) is 34.8 Å². The molecule has 1 heterocycles. The monoisotopic (exact) mass is 361 g/mol. The molecule has 0 radical (unpaired) electrons. The fourth-order valence-electron chi connectivity index (χ4n) is 2.52. The van der Waals surface area contributed by atoms with Gasteiger partial charge in [0, 0.05) is 16.8 Å². The van der Waals surface area contributed by atoms with Gasteiger partial charge in [-0.15, -0.1) is 11.3 Å². The Morgan fingerprint density at radius 1 is 1.20 bits per heavy atom. The fraction of sp³-hybridized carbons (Fsp3) is 0.450. The highest BCUT2D eigenvalue weighted by molar-refractivity contribution is 7.14. The quantitative estimate of drug-likeness (QED) is 0.634. The number of ether oxygens (including phenoxy) is 1. The van der Waals surface area contributed by atoms with E-state index in [1.165, 1.54) is 5.56 Å². The summed E-state index contributed by atoms with van der Waals surface area (Å²) in [5.41, 5.74) is 6.60. The standard InChI is InChI=1S/C20H27NO3S/c1-20(21,14-22)13-12-17-10-11-19(25-17)18(23)5-3-4-15-6-8-16(24-2)9-7-15/h6-11,22H,3-5,12-14,21H2,1-2H3. The average Bonchev–Trinajstić information content (AvgIpc) is 3.10. The number of aryl methyl sites for hydroxylation is 2. The third-order valence-electron chi connectivity index (χ3n) is 4.27.